The fourth-order valence-corrected chi connectivity index (χ4v) is 3.84. The van der Waals surface area contributed by atoms with Crippen molar-refractivity contribution < 1.29 is 13.2 Å². The molecule has 0 bridgehead atoms. The number of amides is 1. The molecule has 3 N–H and O–H groups in total. The molecule has 1 saturated heterocycles. The second-order valence-electron chi connectivity index (χ2n) is 5.50. The molecule has 1 aromatic carbocycles. The highest BCUT2D eigenvalue weighted by molar-refractivity contribution is 7.89. The molecule has 0 saturated carbocycles. The number of nitrogens with zero attached hydrogens (tertiary/aromatic N) is 1. The Morgan fingerprint density at radius 2 is 1.95 bits per heavy atom. The minimum Gasteiger partial charge on any atom is -0.326 e. The van der Waals surface area contributed by atoms with Crippen molar-refractivity contribution in [1.29, 1.82) is 0 Å². The first kappa shape index (κ1) is 15.9. The Balaban J connectivity index is 2.18. The molecule has 2 atom stereocenters. The molecule has 1 amide bonds. The maximum Gasteiger partial charge on any atom is 0.243 e. The van der Waals surface area contributed by atoms with E-state index in [1.807, 2.05) is 6.92 Å². The van der Waals surface area contributed by atoms with Crippen LogP contribution in [0.5, 0.6) is 0 Å². The number of piperidine rings is 1. The van der Waals surface area contributed by atoms with E-state index < -0.39 is 10.0 Å². The Kier molecular flexibility index (Phi) is 4.65. The normalized spacial score (nSPS) is 23.8. The lowest BCUT2D eigenvalue weighted by Crippen LogP contribution is -2.49. The van der Waals surface area contributed by atoms with Gasteiger partial charge in [0, 0.05) is 31.7 Å². The fraction of sp³-hybridized carbons (Fsp3) is 0.500. The molecule has 2 rings (SSSR count). The number of anilines is 1. The monoisotopic (exact) mass is 311 g/mol. The number of hydrogen-bond donors (Lipinski definition) is 2. The highest BCUT2D eigenvalue weighted by Crippen LogP contribution is 2.24. The molecule has 1 aromatic rings. The second-order valence-corrected chi connectivity index (χ2v) is 7.44. The molecule has 116 valence electrons. The van der Waals surface area contributed by atoms with Gasteiger partial charge >= 0.3 is 0 Å². The number of sulfonamides is 1. The molecule has 1 aliphatic heterocycles. The molecule has 0 spiro atoms. The van der Waals surface area contributed by atoms with Gasteiger partial charge in [-0.3, -0.25) is 4.79 Å². The van der Waals surface area contributed by atoms with Crippen LogP contribution in [0.2, 0.25) is 0 Å². The van der Waals surface area contributed by atoms with Gasteiger partial charge in [-0.2, -0.15) is 4.31 Å². The molecular weight excluding hydrogens is 290 g/mol. The topological polar surface area (TPSA) is 92.5 Å². The summed E-state index contributed by atoms with van der Waals surface area (Å²) in [5, 5.41) is 2.61. The van der Waals surface area contributed by atoms with Crippen molar-refractivity contribution in [2.45, 2.75) is 31.2 Å². The zero-order valence-corrected chi connectivity index (χ0v) is 13.1. The quantitative estimate of drug-likeness (QED) is 0.871. The third kappa shape index (κ3) is 3.61. The molecule has 6 nitrogen and oxygen atoms in total. The van der Waals surface area contributed by atoms with Gasteiger partial charge in [-0.25, -0.2) is 8.42 Å². The van der Waals surface area contributed by atoms with E-state index in [0.717, 1.165) is 6.42 Å². The maximum absolute atomic E-state index is 12.6. The SMILES string of the molecule is CC(=O)Nc1ccc(S(=O)(=O)N2CCC(C)C(N)C2)cc1. The summed E-state index contributed by atoms with van der Waals surface area (Å²) in [5.74, 6) is 0.139. The summed E-state index contributed by atoms with van der Waals surface area (Å²) in [6.45, 7) is 4.28. The van der Waals surface area contributed by atoms with Crippen LogP contribution in [-0.4, -0.2) is 37.8 Å². The lowest BCUT2D eigenvalue weighted by molar-refractivity contribution is -0.114. The third-order valence-corrected chi connectivity index (χ3v) is 5.67. The molecule has 7 heteroatoms. The highest BCUT2D eigenvalue weighted by atomic mass is 32.2. The lowest BCUT2D eigenvalue weighted by atomic mass is 9.96. The molecule has 1 heterocycles. The third-order valence-electron chi connectivity index (χ3n) is 3.79. The number of benzene rings is 1. The van der Waals surface area contributed by atoms with Gasteiger partial charge in [0.15, 0.2) is 0 Å². The van der Waals surface area contributed by atoms with Crippen molar-refractivity contribution in [3.8, 4) is 0 Å². The number of carbonyl (C=O) groups is 1. The zero-order valence-electron chi connectivity index (χ0n) is 12.2. The number of rotatable bonds is 3. The fourth-order valence-electron chi connectivity index (χ4n) is 2.35. The van der Waals surface area contributed by atoms with Gasteiger partial charge < -0.3 is 11.1 Å². The Bertz CT molecular complexity index is 613. The number of carbonyl (C=O) groups excluding carboxylic acids is 1. The van der Waals surface area contributed by atoms with E-state index in [-0.39, 0.29) is 16.8 Å². The van der Waals surface area contributed by atoms with Crippen LogP contribution in [0.25, 0.3) is 0 Å². The van der Waals surface area contributed by atoms with E-state index in [0.29, 0.717) is 24.7 Å². The molecule has 0 aromatic heterocycles. The highest BCUT2D eigenvalue weighted by Gasteiger charge is 2.31. The Hall–Kier alpha value is -1.44. The van der Waals surface area contributed by atoms with E-state index in [2.05, 4.69) is 5.32 Å². The van der Waals surface area contributed by atoms with Crippen LogP contribution in [0.15, 0.2) is 29.2 Å². The summed E-state index contributed by atoms with van der Waals surface area (Å²) in [5.41, 5.74) is 6.54. The summed E-state index contributed by atoms with van der Waals surface area (Å²) < 4.78 is 26.5. The van der Waals surface area contributed by atoms with Crippen molar-refractivity contribution in [2.24, 2.45) is 11.7 Å². The summed E-state index contributed by atoms with van der Waals surface area (Å²) in [4.78, 5) is 11.2. The second kappa shape index (κ2) is 6.13. The predicted octanol–water partition coefficient (Wildman–Crippen LogP) is 1.00. The van der Waals surface area contributed by atoms with E-state index in [9.17, 15) is 13.2 Å². The Morgan fingerprint density at radius 1 is 1.33 bits per heavy atom. The van der Waals surface area contributed by atoms with Crippen LogP contribution in [0.4, 0.5) is 5.69 Å². The van der Waals surface area contributed by atoms with Crippen LogP contribution in [-0.2, 0) is 14.8 Å². The van der Waals surface area contributed by atoms with Gasteiger partial charge in [-0.1, -0.05) is 6.92 Å². The minimum absolute atomic E-state index is 0.132. The van der Waals surface area contributed by atoms with Crippen molar-refractivity contribution in [2.75, 3.05) is 18.4 Å². The summed E-state index contributed by atoms with van der Waals surface area (Å²) in [6.07, 6.45) is 0.768. The smallest absolute Gasteiger partial charge is 0.243 e. The number of nitrogens with one attached hydrogen (secondary N) is 1. The minimum atomic E-state index is -3.52. The molecule has 0 radical (unpaired) electrons. The van der Waals surface area contributed by atoms with Crippen LogP contribution >= 0.6 is 0 Å². The van der Waals surface area contributed by atoms with Crippen LogP contribution in [0.3, 0.4) is 0 Å². The molecule has 21 heavy (non-hydrogen) atoms. The molecular formula is C14H21N3O3S. The molecule has 1 aliphatic rings. The Morgan fingerprint density at radius 3 is 2.48 bits per heavy atom. The van der Waals surface area contributed by atoms with Crippen molar-refractivity contribution in [3.63, 3.8) is 0 Å². The summed E-state index contributed by atoms with van der Waals surface area (Å²) in [6, 6.07) is 6.04. The Labute approximate surface area is 125 Å². The predicted molar refractivity (Wildman–Crippen MR) is 81.3 cm³/mol. The number of hydrogen-bond acceptors (Lipinski definition) is 4. The average molecular weight is 311 g/mol. The first-order valence-corrected chi connectivity index (χ1v) is 8.38. The maximum atomic E-state index is 12.6. The van der Waals surface area contributed by atoms with Gasteiger partial charge in [0.25, 0.3) is 0 Å². The van der Waals surface area contributed by atoms with Crippen molar-refractivity contribution in [3.05, 3.63) is 24.3 Å². The lowest BCUT2D eigenvalue weighted by Gasteiger charge is -2.34. The standard InChI is InChI=1S/C14H21N3O3S/c1-10-7-8-17(9-14(10)15)21(19,20)13-5-3-12(4-6-13)16-11(2)18/h3-6,10,14H,7-9,15H2,1-2H3,(H,16,18). The summed E-state index contributed by atoms with van der Waals surface area (Å²) >= 11 is 0. The van der Waals surface area contributed by atoms with E-state index in [1.54, 1.807) is 12.1 Å². The van der Waals surface area contributed by atoms with Gasteiger partial charge in [0.05, 0.1) is 4.90 Å². The van der Waals surface area contributed by atoms with Crippen molar-refractivity contribution in [1.82, 2.24) is 4.31 Å². The molecule has 0 aliphatic carbocycles. The van der Waals surface area contributed by atoms with Crippen LogP contribution in [0, 0.1) is 5.92 Å². The van der Waals surface area contributed by atoms with Gasteiger partial charge in [0.2, 0.25) is 15.9 Å². The first-order chi connectivity index (χ1) is 9.80. The van der Waals surface area contributed by atoms with Gasteiger partial charge in [-0.15, -0.1) is 0 Å². The van der Waals surface area contributed by atoms with Crippen molar-refractivity contribution >= 4 is 21.6 Å². The van der Waals surface area contributed by atoms with E-state index in [4.69, 9.17) is 5.73 Å². The zero-order chi connectivity index (χ0) is 15.6. The average Bonchev–Trinajstić information content (AvgIpc) is 2.41. The largest absolute Gasteiger partial charge is 0.326 e. The van der Waals surface area contributed by atoms with Crippen LogP contribution in [0.1, 0.15) is 20.3 Å². The molecule has 1 fully saturated rings. The van der Waals surface area contributed by atoms with E-state index in [1.165, 1.54) is 23.4 Å². The first-order valence-electron chi connectivity index (χ1n) is 6.94. The number of nitrogens with two attached hydrogens (primary N) is 1. The molecule has 2 unspecified atom stereocenters. The summed E-state index contributed by atoms with van der Waals surface area (Å²) in [7, 11) is -3.52. The van der Waals surface area contributed by atoms with E-state index >= 15 is 0 Å². The van der Waals surface area contributed by atoms with Gasteiger partial charge in [0.1, 0.15) is 0 Å². The van der Waals surface area contributed by atoms with Gasteiger partial charge in [-0.05, 0) is 36.6 Å². The van der Waals surface area contributed by atoms with Crippen LogP contribution < -0.4 is 11.1 Å².